The first kappa shape index (κ1) is 14.7. The van der Waals surface area contributed by atoms with Crippen molar-refractivity contribution in [2.24, 2.45) is 0 Å². The average molecular weight is 292 g/mol. The molecule has 0 radical (unpaired) electrons. The van der Waals surface area contributed by atoms with E-state index in [1.165, 1.54) is 0 Å². The van der Waals surface area contributed by atoms with Crippen LogP contribution in [0.4, 0.5) is 5.69 Å². The molecule has 0 aromatic heterocycles. The molecule has 0 saturated carbocycles. The van der Waals surface area contributed by atoms with Gasteiger partial charge in [-0.15, -0.1) is 0 Å². The maximum atomic E-state index is 11.7. The van der Waals surface area contributed by atoms with E-state index in [4.69, 9.17) is 17.3 Å². The maximum absolute atomic E-state index is 11.7. The summed E-state index contributed by atoms with van der Waals surface area (Å²) >= 11 is 5.78. The lowest BCUT2D eigenvalue weighted by molar-refractivity contribution is 0.0955. The van der Waals surface area contributed by atoms with Gasteiger partial charge in [0.15, 0.2) is 0 Å². The first-order valence-electron chi connectivity index (χ1n) is 5.08. The highest BCUT2D eigenvalue weighted by atomic mass is 35.5. The second-order valence-corrected chi connectivity index (χ2v) is 5.86. The summed E-state index contributed by atoms with van der Waals surface area (Å²) < 4.78 is 23.8. The van der Waals surface area contributed by atoms with Gasteiger partial charge >= 0.3 is 0 Å². The minimum atomic E-state index is -3.25. The van der Waals surface area contributed by atoms with Crippen molar-refractivity contribution in [1.29, 1.82) is 0 Å². The van der Waals surface area contributed by atoms with Crippen molar-refractivity contribution in [1.82, 2.24) is 10.0 Å². The maximum Gasteiger partial charge on any atom is 0.253 e. The van der Waals surface area contributed by atoms with Crippen molar-refractivity contribution in [3.8, 4) is 0 Å². The number of carbonyl (C=O) groups excluding carboxylic acids is 1. The first-order chi connectivity index (χ1) is 8.31. The lowest BCUT2D eigenvalue weighted by atomic mass is 10.1. The van der Waals surface area contributed by atoms with Gasteiger partial charge in [0.25, 0.3) is 5.91 Å². The molecule has 0 bridgehead atoms. The number of nitrogen functional groups attached to an aromatic ring is 1. The Hall–Kier alpha value is -1.31. The van der Waals surface area contributed by atoms with Crippen LogP contribution in [0.15, 0.2) is 18.2 Å². The summed E-state index contributed by atoms with van der Waals surface area (Å²) in [4.78, 5) is 11.7. The van der Waals surface area contributed by atoms with Gasteiger partial charge in [0, 0.05) is 13.1 Å². The Morgan fingerprint density at radius 1 is 1.39 bits per heavy atom. The van der Waals surface area contributed by atoms with Crippen LogP contribution in [0.1, 0.15) is 10.4 Å². The van der Waals surface area contributed by atoms with E-state index in [9.17, 15) is 13.2 Å². The normalized spacial score (nSPS) is 11.2. The third kappa shape index (κ3) is 4.52. The standard InChI is InChI=1S/C10H14ClN3O3S/c1-18(16,17)14-6-5-13-10(15)7-3-2-4-8(11)9(7)12/h2-4,14H,5-6,12H2,1H3,(H,13,15). The minimum absolute atomic E-state index is 0.116. The van der Waals surface area contributed by atoms with Crippen molar-refractivity contribution in [2.75, 3.05) is 25.1 Å². The Morgan fingerprint density at radius 2 is 2.06 bits per heavy atom. The molecule has 1 aromatic carbocycles. The Kier molecular flexibility index (Phi) is 4.94. The number of sulfonamides is 1. The number of amides is 1. The molecule has 18 heavy (non-hydrogen) atoms. The number of anilines is 1. The monoisotopic (exact) mass is 291 g/mol. The largest absolute Gasteiger partial charge is 0.397 e. The van der Waals surface area contributed by atoms with Crippen molar-refractivity contribution < 1.29 is 13.2 Å². The molecule has 0 fully saturated rings. The summed E-state index contributed by atoms with van der Waals surface area (Å²) in [5, 5.41) is 2.84. The van der Waals surface area contributed by atoms with Crippen LogP contribution < -0.4 is 15.8 Å². The van der Waals surface area contributed by atoms with E-state index in [1.54, 1.807) is 18.2 Å². The fourth-order valence-corrected chi connectivity index (χ4v) is 1.89. The number of rotatable bonds is 5. The van der Waals surface area contributed by atoms with Crippen LogP contribution in [0, 0.1) is 0 Å². The predicted molar refractivity (Wildman–Crippen MR) is 71.0 cm³/mol. The number of carbonyl (C=O) groups is 1. The summed E-state index contributed by atoms with van der Waals surface area (Å²) in [6.45, 7) is 0.281. The molecule has 0 aliphatic rings. The highest BCUT2D eigenvalue weighted by molar-refractivity contribution is 7.88. The van der Waals surface area contributed by atoms with Crippen molar-refractivity contribution in [2.45, 2.75) is 0 Å². The zero-order valence-electron chi connectivity index (χ0n) is 9.73. The SMILES string of the molecule is CS(=O)(=O)NCCNC(=O)c1cccc(Cl)c1N. The third-order valence-electron chi connectivity index (χ3n) is 2.07. The fraction of sp³-hybridized carbons (Fsp3) is 0.300. The summed E-state index contributed by atoms with van der Waals surface area (Å²) in [6.07, 6.45) is 1.05. The molecule has 1 amide bonds. The second-order valence-electron chi connectivity index (χ2n) is 3.62. The van der Waals surface area contributed by atoms with Crippen LogP contribution in [0.5, 0.6) is 0 Å². The molecule has 8 heteroatoms. The summed E-state index contributed by atoms with van der Waals surface area (Å²) in [5.74, 6) is -0.398. The zero-order chi connectivity index (χ0) is 13.8. The molecule has 100 valence electrons. The Morgan fingerprint density at radius 3 is 2.67 bits per heavy atom. The molecule has 0 aliphatic carbocycles. The minimum Gasteiger partial charge on any atom is -0.397 e. The topological polar surface area (TPSA) is 101 Å². The molecule has 0 saturated heterocycles. The van der Waals surface area contributed by atoms with Crippen LogP contribution >= 0.6 is 11.6 Å². The van der Waals surface area contributed by atoms with Gasteiger partial charge in [-0.05, 0) is 12.1 Å². The quantitative estimate of drug-likeness (QED) is 0.533. The molecular formula is C10H14ClN3O3S. The lowest BCUT2D eigenvalue weighted by Crippen LogP contribution is -2.34. The van der Waals surface area contributed by atoms with Crippen molar-refractivity contribution in [3.63, 3.8) is 0 Å². The first-order valence-corrected chi connectivity index (χ1v) is 7.35. The lowest BCUT2D eigenvalue weighted by Gasteiger charge is -2.08. The highest BCUT2D eigenvalue weighted by Crippen LogP contribution is 2.21. The van der Waals surface area contributed by atoms with Crippen molar-refractivity contribution in [3.05, 3.63) is 28.8 Å². The zero-order valence-corrected chi connectivity index (χ0v) is 11.3. The van der Waals surface area contributed by atoms with Gasteiger partial charge in [-0.3, -0.25) is 4.79 Å². The van der Waals surface area contributed by atoms with Crippen LogP contribution in [-0.4, -0.2) is 33.7 Å². The molecule has 0 heterocycles. The van der Waals surface area contributed by atoms with Gasteiger partial charge in [0.2, 0.25) is 10.0 Å². The number of nitrogens with one attached hydrogen (secondary N) is 2. The Labute approximate surface area is 111 Å². The molecule has 0 atom stereocenters. The van der Waals surface area contributed by atoms with Gasteiger partial charge in [0.05, 0.1) is 22.5 Å². The second kappa shape index (κ2) is 6.03. The molecule has 6 nitrogen and oxygen atoms in total. The molecule has 0 spiro atoms. The smallest absolute Gasteiger partial charge is 0.253 e. The molecule has 0 unspecified atom stereocenters. The summed E-state index contributed by atoms with van der Waals surface area (Å²) in [5.41, 5.74) is 6.12. The van der Waals surface area contributed by atoms with Gasteiger partial charge in [-0.1, -0.05) is 17.7 Å². The number of hydrogen-bond acceptors (Lipinski definition) is 4. The van der Waals surface area contributed by atoms with Gasteiger partial charge in [-0.25, -0.2) is 13.1 Å². The van der Waals surface area contributed by atoms with Crippen LogP contribution in [0.2, 0.25) is 5.02 Å². The van der Waals surface area contributed by atoms with Gasteiger partial charge in [0.1, 0.15) is 0 Å². The Balaban J connectivity index is 2.54. The van der Waals surface area contributed by atoms with E-state index in [0.29, 0.717) is 5.02 Å². The van der Waals surface area contributed by atoms with E-state index < -0.39 is 15.9 Å². The molecule has 4 N–H and O–H groups in total. The molecular weight excluding hydrogens is 278 g/mol. The number of para-hydroxylation sites is 1. The van der Waals surface area contributed by atoms with E-state index >= 15 is 0 Å². The van der Waals surface area contributed by atoms with Gasteiger partial charge < -0.3 is 11.1 Å². The molecule has 1 rings (SSSR count). The van der Waals surface area contributed by atoms with Crippen molar-refractivity contribution >= 4 is 33.2 Å². The fourth-order valence-electron chi connectivity index (χ4n) is 1.24. The van der Waals surface area contributed by atoms with E-state index in [-0.39, 0.29) is 24.3 Å². The Bertz CT molecular complexity index is 545. The third-order valence-corrected chi connectivity index (χ3v) is 3.13. The van der Waals surface area contributed by atoms with E-state index in [1.807, 2.05) is 0 Å². The summed E-state index contributed by atoms with van der Waals surface area (Å²) in [6, 6.07) is 4.74. The average Bonchev–Trinajstić information content (AvgIpc) is 2.26. The molecule has 1 aromatic rings. The van der Waals surface area contributed by atoms with E-state index in [2.05, 4.69) is 10.0 Å². The number of benzene rings is 1. The number of nitrogens with two attached hydrogens (primary N) is 1. The van der Waals surface area contributed by atoms with Crippen LogP contribution in [0.3, 0.4) is 0 Å². The van der Waals surface area contributed by atoms with Crippen LogP contribution in [-0.2, 0) is 10.0 Å². The predicted octanol–water partition coefficient (Wildman–Crippen LogP) is 0.201. The van der Waals surface area contributed by atoms with Gasteiger partial charge in [-0.2, -0.15) is 0 Å². The molecule has 0 aliphatic heterocycles. The number of hydrogen-bond donors (Lipinski definition) is 3. The summed E-state index contributed by atoms with van der Waals surface area (Å²) in [7, 11) is -3.25. The van der Waals surface area contributed by atoms with Crippen LogP contribution in [0.25, 0.3) is 0 Å². The van der Waals surface area contributed by atoms with E-state index in [0.717, 1.165) is 6.26 Å². The number of halogens is 1. The highest BCUT2D eigenvalue weighted by Gasteiger charge is 2.11.